The van der Waals surface area contributed by atoms with Crippen LogP contribution in [0.5, 0.6) is 5.75 Å². The van der Waals surface area contributed by atoms with E-state index in [1.54, 1.807) is 4.68 Å². The largest absolute Gasteiger partial charge is 0.480 e. The average Bonchev–Trinajstić information content (AvgIpc) is 2.76. The summed E-state index contributed by atoms with van der Waals surface area (Å²) in [5.41, 5.74) is 3.59. The van der Waals surface area contributed by atoms with Gasteiger partial charge in [0.25, 0.3) is 5.91 Å². The van der Waals surface area contributed by atoms with Gasteiger partial charge in [0.15, 0.2) is 12.4 Å². The molecular formula is C17H24N4O2. The number of hydrogen-bond donors (Lipinski definition) is 2. The van der Waals surface area contributed by atoms with E-state index in [1.807, 2.05) is 45.2 Å². The molecule has 0 bridgehead atoms. The maximum absolute atomic E-state index is 12.1. The van der Waals surface area contributed by atoms with Crippen LogP contribution in [0.2, 0.25) is 0 Å². The Kier molecular flexibility index (Phi) is 5.76. The number of carbonyl (C=O) groups is 1. The van der Waals surface area contributed by atoms with Crippen LogP contribution >= 0.6 is 0 Å². The fourth-order valence-corrected chi connectivity index (χ4v) is 2.33. The van der Waals surface area contributed by atoms with Gasteiger partial charge in [-0.25, -0.2) is 0 Å². The maximum atomic E-state index is 12.1. The van der Waals surface area contributed by atoms with Gasteiger partial charge in [-0.3, -0.25) is 9.48 Å². The number of rotatable bonds is 7. The van der Waals surface area contributed by atoms with Crippen molar-refractivity contribution in [1.82, 2.24) is 15.1 Å². The van der Waals surface area contributed by atoms with Gasteiger partial charge < -0.3 is 15.4 Å². The molecule has 0 aliphatic heterocycles. The number of aromatic nitrogens is 2. The molecule has 1 heterocycles. The lowest BCUT2D eigenvalue weighted by molar-refractivity contribution is -0.118. The number of anilines is 1. The van der Waals surface area contributed by atoms with Crippen molar-refractivity contribution in [3.63, 3.8) is 0 Å². The summed E-state index contributed by atoms with van der Waals surface area (Å²) >= 11 is 0. The summed E-state index contributed by atoms with van der Waals surface area (Å²) in [7, 11) is 1.85. The first-order chi connectivity index (χ1) is 11.0. The predicted octanol–water partition coefficient (Wildman–Crippen LogP) is 2.16. The van der Waals surface area contributed by atoms with Crippen LogP contribution in [-0.4, -0.2) is 28.8 Å². The second kappa shape index (κ2) is 7.78. The highest BCUT2D eigenvalue weighted by Crippen LogP contribution is 2.21. The van der Waals surface area contributed by atoms with Crippen LogP contribution in [0.1, 0.15) is 23.9 Å². The summed E-state index contributed by atoms with van der Waals surface area (Å²) < 4.78 is 7.35. The maximum Gasteiger partial charge on any atom is 0.262 e. The number of nitrogens with one attached hydrogen (secondary N) is 2. The van der Waals surface area contributed by atoms with Crippen molar-refractivity contribution in [3.05, 3.63) is 41.2 Å². The molecule has 0 aliphatic carbocycles. The fraction of sp³-hybridized carbons (Fsp3) is 0.412. The lowest BCUT2D eigenvalue weighted by atomic mass is 10.2. The van der Waals surface area contributed by atoms with Crippen LogP contribution in [0.3, 0.4) is 0 Å². The van der Waals surface area contributed by atoms with E-state index in [0.717, 1.165) is 35.7 Å². The molecule has 2 rings (SSSR count). The molecule has 0 atom stereocenters. The Labute approximate surface area is 136 Å². The van der Waals surface area contributed by atoms with E-state index < -0.39 is 0 Å². The molecule has 23 heavy (non-hydrogen) atoms. The van der Waals surface area contributed by atoms with Crippen LogP contribution in [0.15, 0.2) is 24.3 Å². The van der Waals surface area contributed by atoms with Gasteiger partial charge in [-0.2, -0.15) is 5.10 Å². The lowest BCUT2D eigenvalue weighted by Gasteiger charge is -2.09. The molecule has 0 saturated heterocycles. The molecule has 124 valence electrons. The third kappa shape index (κ3) is 4.56. The Bertz CT molecular complexity index is 679. The van der Waals surface area contributed by atoms with Crippen molar-refractivity contribution in [2.24, 2.45) is 7.05 Å². The highest BCUT2D eigenvalue weighted by atomic mass is 16.5. The number of carbonyl (C=O) groups excluding carboxylic acids is 1. The molecule has 0 aliphatic rings. The fourth-order valence-electron chi connectivity index (χ4n) is 2.33. The molecular weight excluding hydrogens is 292 g/mol. The van der Waals surface area contributed by atoms with Gasteiger partial charge in [0.05, 0.1) is 5.69 Å². The average molecular weight is 316 g/mol. The lowest BCUT2D eigenvalue weighted by Crippen LogP contribution is -2.20. The monoisotopic (exact) mass is 316 g/mol. The Hall–Kier alpha value is -2.34. The number of nitrogens with zero attached hydrogens (tertiary/aromatic N) is 2. The highest BCUT2D eigenvalue weighted by Gasteiger charge is 2.12. The van der Waals surface area contributed by atoms with Crippen LogP contribution in [0.25, 0.3) is 0 Å². The first-order valence-corrected chi connectivity index (χ1v) is 7.73. The Balaban J connectivity index is 1.92. The van der Waals surface area contributed by atoms with E-state index in [-0.39, 0.29) is 12.5 Å². The summed E-state index contributed by atoms with van der Waals surface area (Å²) in [6.45, 7) is 7.50. The molecule has 1 amide bonds. The molecule has 2 N–H and O–H groups in total. The molecule has 0 saturated carbocycles. The number of hydrogen-bond acceptors (Lipinski definition) is 4. The molecule has 1 aromatic heterocycles. The van der Waals surface area contributed by atoms with Gasteiger partial charge in [0, 0.05) is 19.3 Å². The third-order valence-electron chi connectivity index (χ3n) is 3.58. The van der Waals surface area contributed by atoms with E-state index in [0.29, 0.717) is 5.75 Å². The molecule has 0 unspecified atom stereocenters. The minimum Gasteiger partial charge on any atom is -0.480 e. The number of amides is 1. The van der Waals surface area contributed by atoms with E-state index in [9.17, 15) is 4.79 Å². The number of benzene rings is 1. The SMILES string of the molecule is CCNCc1cccc(NC(=O)COc2c(C)nn(C)c2C)c1. The summed E-state index contributed by atoms with van der Waals surface area (Å²) in [4.78, 5) is 12.1. The van der Waals surface area contributed by atoms with Crippen molar-refractivity contribution in [3.8, 4) is 5.75 Å². The van der Waals surface area contributed by atoms with E-state index >= 15 is 0 Å². The molecule has 1 aromatic carbocycles. The topological polar surface area (TPSA) is 68.2 Å². The van der Waals surface area contributed by atoms with Crippen LogP contribution in [0, 0.1) is 13.8 Å². The number of aryl methyl sites for hydroxylation is 2. The Morgan fingerprint density at radius 1 is 1.35 bits per heavy atom. The van der Waals surface area contributed by atoms with Gasteiger partial charge in [-0.15, -0.1) is 0 Å². The van der Waals surface area contributed by atoms with Crippen molar-refractivity contribution in [2.75, 3.05) is 18.5 Å². The molecule has 2 aromatic rings. The minimum absolute atomic E-state index is 0.0369. The van der Waals surface area contributed by atoms with E-state index in [4.69, 9.17) is 4.74 Å². The van der Waals surface area contributed by atoms with Crippen LogP contribution < -0.4 is 15.4 Å². The summed E-state index contributed by atoms with van der Waals surface area (Å²) in [6.07, 6.45) is 0. The smallest absolute Gasteiger partial charge is 0.262 e. The van der Waals surface area contributed by atoms with Crippen molar-refractivity contribution in [1.29, 1.82) is 0 Å². The second-order valence-corrected chi connectivity index (χ2v) is 5.44. The summed E-state index contributed by atoms with van der Waals surface area (Å²) in [5, 5.41) is 10.4. The summed E-state index contributed by atoms with van der Waals surface area (Å²) in [5.74, 6) is 0.483. The minimum atomic E-state index is -0.187. The standard InChI is InChI=1S/C17H24N4O2/c1-5-18-10-14-7-6-8-15(9-14)19-16(22)11-23-17-12(2)20-21(4)13(17)3/h6-9,18H,5,10-11H2,1-4H3,(H,19,22). The molecule has 0 spiro atoms. The van der Waals surface area contributed by atoms with Gasteiger partial charge in [-0.1, -0.05) is 19.1 Å². The van der Waals surface area contributed by atoms with Gasteiger partial charge in [0.2, 0.25) is 0 Å². The third-order valence-corrected chi connectivity index (χ3v) is 3.58. The van der Waals surface area contributed by atoms with Gasteiger partial charge in [0.1, 0.15) is 5.69 Å². The molecule has 0 fully saturated rings. The molecule has 6 heteroatoms. The van der Waals surface area contributed by atoms with Gasteiger partial charge in [-0.05, 0) is 38.1 Å². The van der Waals surface area contributed by atoms with Crippen LogP contribution in [-0.2, 0) is 18.4 Å². The zero-order chi connectivity index (χ0) is 16.8. The van der Waals surface area contributed by atoms with Crippen molar-refractivity contribution in [2.45, 2.75) is 27.3 Å². The van der Waals surface area contributed by atoms with E-state index in [1.165, 1.54) is 0 Å². The first kappa shape index (κ1) is 17.0. The second-order valence-electron chi connectivity index (χ2n) is 5.44. The van der Waals surface area contributed by atoms with Gasteiger partial charge >= 0.3 is 0 Å². The number of ether oxygens (including phenoxy) is 1. The normalized spacial score (nSPS) is 10.6. The zero-order valence-corrected chi connectivity index (χ0v) is 14.1. The zero-order valence-electron chi connectivity index (χ0n) is 14.1. The van der Waals surface area contributed by atoms with Crippen molar-refractivity contribution >= 4 is 11.6 Å². The van der Waals surface area contributed by atoms with E-state index in [2.05, 4.69) is 22.7 Å². The van der Waals surface area contributed by atoms with Crippen LogP contribution in [0.4, 0.5) is 5.69 Å². The summed E-state index contributed by atoms with van der Waals surface area (Å²) in [6, 6.07) is 7.78. The molecule has 6 nitrogen and oxygen atoms in total. The Morgan fingerprint density at radius 2 is 2.13 bits per heavy atom. The predicted molar refractivity (Wildman–Crippen MR) is 90.6 cm³/mol. The quantitative estimate of drug-likeness (QED) is 0.821. The Morgan fingerprint density at radius 3 is 2.78 bits per heavy atom. The first-order valence-electron chi connectivity index (χ1n) is 7.73. The highest BCUT2D eigenvalue weighted by molar-refractivity contribution is 5.91. The van der Waals surface area contributed by atoms with Crippen molar-refractivity contribution < 1.29 is 9.53 Å². The molecule has 0 radical (unpaired) electrons.